The van der Waals surface area contributed by atoms with Gasteiger partial charge in [-0.2, -0.15) is 0 Å². The lowest BCUT2D eigenvalue weighted by Gasteiger charge is -2.29. The monoisotopic (exact) mass is 502 g/mol. The topological polar surface area (TPSA) is 13.1 Å². The van der Waals surface area contributed by atoms with E-state index in [0.29, 0.717) is 0 Å². The Kier molecular flexibility index (Phi) is 5.44. The highest BCUT2D eigenvalue weighted by Crippen LogP contribution is 2.53. The van der Waals surface area contributed by atoms with Crippen molar-refractivity contribution in [2.24, 2.45) is 17.9 Å². The van der Waals surface area contributed by atoms with E-state index in [2.05, 4.69) is 122 Å². The predicted octanol–water partition coefficient (Wildman–Crippen LogP) is 9.54. The number of fused-ring (bicyclic) bond motifs is 5. The zero-order chi connectivity index (χ0) is 27.1. The van der Waals surface area contributed by atoms with Crippen LogP contribution >= 0.6 is 0 Å². The average Bonchev–Trinajstić information content (AvgIpc) is 2.82. The SMILES string of the molecule is Cc1cccc2c3c4c([n+](C)ccc4cc12)-c1c(c(CC(C)(C)C)c2ccc(CC(C)(C)C)cc2c1C)O3. The fraction of sp³-hybridized carbons (Fsp3) is 0.361. The molecule has 0 fully saturated rings. The smallest absolute Gasteiger partial charge is 0.228 e. The molecule has 0 radical (unpaired) electrons. The Bertz CT molecular complexity index is 1780. The third kappa shape index (κ3) is 3.97. The van der Waals surface area contributed by atoms with Gasteiger partial charge in [-0.25, -0.2) is 4.57 Å². The fourth-order valence-electron chi connectivity index (χ4n) is 6.46. The molecule has 5 aromatic rings. The van der Waals surface area contributed by atoms with Crippen molar-refractivity contribution in [1.29, 1.82) is 0 Å². The van der Waals surface area contributed by atoms with Crippen LogP contribution in [0, 0.1) is 24.7 Å². The first-order chi connectivity index (χ1) is 17.8. The van der Waals surface area contributed by atoms with Crippen LogP contribution in [0.15, 0.2) is 54.7 Å². The minimum Gasteiger partial charge on any atom is -0.455 e. The molecule has 0 spiro atoms. The molecule has 0 atom stereocenters. The van der Waals surface area contributed by atoms with Crippen molar-refractivity contribution >= 4 is 32.3 Å². The summed E-state index contributed by atoms with van der Waals surface area (Å²) < 4.78 is 9.44. The lowest BCUT2D eigenvalue weighted by Crippen LogP contribution is -2.32. The van der Waals surface area contributed by atoms with Crippen LogP contribution in [0.1, 0.15) is 63.8 Å². The Morgan fingerprint density at radius 1 is 0.737 bits per heavy atom. The van der Waals surface area contributed by atoms with Gasteiger partial charge in [0.05, 0.1) is 10.9 Å². The summed E-state index contributed by atoms with van der Waals surface area (Å²) in [7, 11) is 2.18. The van der Waals surface area contributed by atoms with Gasteiger partial charge in [0.2, 0.25) is 5.69 Å². The van der Waals surface area contributed by atoms with Gasteiger partial charge < -0.3 is 4.74 Å². The van der Waals surface area contributed by atoms with E-state index < -0.39 is 0 Å². The molecule has 194 valence electrons. The summed E-state index contributed by atoms with van der Waals surface area (Å²) >= 11 is 0. The predicted molar refractivity (Wildman–Crippen MR) is 161 cm³/mol. The number of aromatic nitrogens is 1. The van der Waals surface area contributed by atoms with Crippen molar-refractivity contribution in [1.82, 2.24) is 0 Å². The second-order valence-electron chi connectivity index (χ2n) is 13.9. The van der Waals surface area contributed by atoms with Crippen LogP contribution in [0.4, 0.5) is 0 Å². The number of aryl methyl sites for hydroxylation is 3. The highest BCUT2D eigenvalue weighted by molar-refractivity contribution is 6.14. The Balaban J connectivity index is 1.77. The lowest BCUT2D eigenvalue weighted by molar-refractivity contribution is -0.659. The first-order valence-corrected chi connectivity index (χ1v) is 13.9. The molecule has 0 amide bonds. The summed E-state index contributed by atoms with van der Waals surface area (Å²) in [4.78, 5) is 0. The highest BCUT2D eigenvalue weighted by Gasteiger charge is 2.35. The third-order valence-corrected chi connectivity index (χ3v) is 8.02. The number of benzene rings is 4. The summed E-state index contributed by atoms with van der Waals surface area (Å²) in [6.45, 7) is 18.4. The largest absolute Gasteiger partial charge is 0.455 e. The lowest BCUT2D eigenvalue weighted by atomic mass is 9.80. The Morgan fingerprint density at radius 3 is 2.18 bits per heavy atom. The van der Waals surface area contributed by atoms with Gasteiger partial charge in [-0.15, -0.1) is 0 Å². The molecule has 1 aromatic heterocycles. The average molecular weight is 503 g/mol. The van der Waals surface area contributed by atoms with Crippen molar-refractivity contribution in [3.63, 3.8) is 0 Å². The van der Waals surface area contributed by atoms with Crippen molar-refractivity contribution in [3.05, 3.63) is 77.0 Å². The van der Waals surface area contributed by atoms with E-state index in [1.54, 1.807) is 0 Å². The summed E-state index contributed by atoms with van der Waals surface area (Å²) in [5.74, 6) is 2.04. The van der Waals surface area contributed by atoms with Gasteiger partial charge in [0, 0.05) is 17.0 Å². The van der Waals surface area contributed by atoms with Crippen LogP contribution < -0.4 is 9.30 Å². The van der Waals surface area contributed by atoms with Gasteiger partial charge in [-0.3, -0.25) is 0 Å². The molecule has 0 N–H and O–H groups in total. The van der Waals surface area contributed by atoms with Gasteiger partial charge in [-0.1, -0.05) is 77.9 Å². The Labute approximate surface area is 227 Å². The Morgan fingerprint density at radius 2 is 1.47 bits per heavy atom. The second-order valence-corrected chi connectivity index (χ2v) is 13.9. The first-order valence-electron chi connectivity index (χ1n) is 13.9. The molecule has 0 bridgehead atoms. The van der Waals surface area contributed by atoms with Crippen LogP contribution in [0.5, 0.6) is 11.5 Å². The molecular weight excluding hydrogens is 462 g/mol. The molecular formula is C36H40NO+. The zero-order valence-corrected chi connectivity index (χ0v) is 24.5. The van der Waals surface area contributed by atoms with Crippen LogP contribution in [0.25, 0.3) is 43.6 Å². The summed E-state index contributed by atoms with van der Waals surface area (Å²) in [6, 6.07) is 18.3. The number of pyridine rings is 1. The normalized spacial score (nSPS) is 13.3. The molecule has 0 saturated carbocycles. The molecule has 0 aliphatic carbocycles. The molecule has 1 aliphatic rings. The number of nitrogens with zero attached hydrogens (tertiary/aromatic N) is 1. The molecule has 6 rings (SSSR count). The fourth-order valence-corrected chi connectivity index (χ4v) is 6.46. The van der Waals surface area contributed by atoms with Gasteiger partial charge in [-0.05, 0) is 81.8 Å². The van der Waals surface area contributed by atoms with Gasteiger partial charge in [0.15, 0.2) is 6.20 Å². The van der Waals surface area contributed by atoms with Crippen LogP contribution in [0.3, 0.4) is 0 Å². The maximum absolute atomic E-state index is 7.14. The van der Waals surface area contributed by atoms with E-state index >= 15 is 0 Å². The molecule has 0 unspecified atom stereocenters. The van der Waals surface area contributed by atoms with E-state index in [4.69, 9.17) is 4.74 Å². The van der Waals surface area contributed by atoms with Crippen molar-refractivity contribution in [2.75, 3.05) is 0 Å². The molecule has 0 saturated heterocycles. The van der Waals surface area contributed by atoms with E-state index in [0.717, 1.165) is 24.3 Å². The van der Waals surface area contributed by atoms with E-state index in [1.165, 1.54) is 65.8 Å². The van der Waals surface area contributed by atoms with Gasteiger partial charge >= 0.3 is 0 Å². The van der Waals surface area contributed by atoms with E-state index in [1.807, 2.05) is 0 Å². The summed E-state index contributed by atoms with van der Waals surface area (Å²) in [6.07, 6.45) is 4.22. The van der Waals surface area contributed by atoms with Gasteiger partial charge in [0.1, 0.15) is 18.5 Å². The van der Waals surface area contributed by atoms with Crippen molar-refractivity contribution in [2.45, 2.75) is 68.2 Å². The molecule has 2 heteroatoms. The quantitative estimate of drug-likeness (QED) is 0.170. The first kappa shape index (κ1) is 24.9. The second kappa shape index (κ2) is 8.30. The van der Waals surface area contributed by atoms with E-state index in [9.17, 15) is 0 Å². The summed E-state index contributed by atoms with van der Waals surface area (Å²) in [5.41, 5.74) is 8.17. The molecule has 4 aromatic carbocycles. The standard InChI is InChI=1S/C36H40NO/c1-21-11-10-12-26-27(21)18-24-15-16-37(9)32-30-22(2)28-17-23(19-35(3,4)5)13-14-25(28)29(20-36(6,7)8)34(30)38-33(26)31(24)32/h10-18H,19-20H2,1-9H3/q+1. The number of hydrogen-bond acceptors (Lipinski definition) is 1. The summed E-state index contributed by atoms with van der Waals surface area (Å²) in [5, 5.41) is 7.58. The minimum atomic E-state index is 0.118. The van der Waals surface area contributed by atoms with Crippen molar-refractivity contribution in [3.8, 4) is 22.8 Å². The molecule has 1 aliphatic heterocycles. The van der Waals surface area contributed by atoms with Crippen LogP contribution in [-0.4, -0.2) is 0 Å². The van der Waals surface area contributed by atoms with Crippen molar-refractivity contribution < 1.29 is 9.30 Å². The molecule has 2 nitrogen and oxygen atoms in total. The third-order valence-electron chi connectivity index (χ3n) is 8.02. The van der Waals surface area contributed by atoms with Gasteiger partial charge in [0.25, 0.3) is 0 Å². The number of hydrogen-bond donors (Lipinski definition) is 0. The molecule has 38 heavy (non-hydrogen) atoms. The highest BCUT2D eigenvalue weighted by atomic mass is 16.5. The minimum absolute atomic E-state index is 0.118. The maximum Gasteiger partial charge on any atom is 0.228 e. The molecule has 2 heterocycles. The zero-order valence-electron chi connectivity index (χ0n) is 24.5. The Hall–Kier alpha value is -3.39. The maximum atomic E-state index is 7.14. The van der Waals surface area contributed by atoms with Crippen LogP contribution in [-0.2, 0) is 19.9 Å². The van der Waals surface area contributed by atoms with E-state index in [-0.39, 0.29) is 10.8 Å². The number of ether oxygens (including phenoxy) is 1. The van der Waals surface area contributed by atoms with Crippen LogP contribution in [0.2, 0.25) is 0 Å². The number of rotatable bonds is 2.